The topological polar surface area (TPSA) is 84.3 Å². The van der Waals surface area contributed by atoms with E-state index in [0.29, 0.717) is 17.3 Å². The van der Waals surface area contributed by atoms with Gasteiger partial charge in [-0.15, -0.1) is 0 Å². The van der Waals surface area contributed by atoms with Crippen molar-refractivity contribution in [3.63, 3.8) is 0 Å². The van der Waals surface area contributed by atoms with E-state index in [1.54, 1.807) is 24.3 Å². The van der Waals surface area contributed by atoms with E-state index in [1.165, 1.54) is 6.07 Å². The third-order valence-electron chi connectivity index (χ3n) is 3.52. The van der Waals surface area contributed by atoms with Gasteiger partial charge in [-0.2, -0.15) is 0 Å². The van der Waals surface area contributed by atoms with Crippen LogP contribution in [0.4, 0.5) is 11.4 Å². The van der Waals surface area contributed by atoms with Gasteiger partial charge in [-0.3, -0.25) is 14.9 Å². The molecular weight excluding hydrogens is 330 g/mol. The maximum absolute atomic E-state index is 12.0. The van der Waals surface area contributed by atoms with Gasteiger partial charge in [0.2, 0.25) is 5.91 Å². The van der Waals surface area contributed by atoms with Crippen molar-refractivity contribution >= 4 is 28.9 Å². The van der Waals surface area contributed by atoms with Crippen LogP contribution in [0, 0.1) is 10.1 Å². The predicted molar refractivity (Wildman–Crippen MR) is 94.2 cm³/mol. The lowest BCUT2D eigenvalue weighted by Crippen LogP contribution is -2.28. The van der Waals surface area contributed by atoms with Gasteiger partial charge in [0.1, 0.15) is 5.69 Å². The molecule has 0 aliphatic heterocycles. The number of benzene rings is 2. The first kappa shape index (κ1) is 17.7. The van der Waals surface area contributed by atoms with Gasteiger partial charge in [-0.1, -0.05) is 41.9 Å². The van der Waals surface area contributed by atoms with Gasteiger partial charge < -0.3 is 10.6 Å². The van der Waals surface area contributed by atoms with Crippen LogP contribution < -0.4 is 10.6 Å². The molecule has 1 unspecified atom stereocenters. The van der Waals surface area contributed by atoms with Gasteiger partial charge >= 0.3 is 0 Å². The van der Waals surface area contributed by atoms with E-state index in [-0.39, 0.29) is 24.1 Å². The van der Waals surface area contributed by atoms with Crippen LogP contribution in [-0.2, 0) is 4.79 Å². The van der Waals surface area contributed by atoms with E-state index in [9.17, 15) is 14.9 Å². The van der Waals surface area contributed by atoms with Crippen LogP contribution in [0.2, 0.25) is 5.02 Å². The highest BCUT2D eigenvalue weighted by Crippen LogP contribution is 2.23. The molecule has 6 nitrogen and oxygen atoms in total. The van der Waals surface area contributed by atoms with Crippen molar-refractivity contribution in [3.8, 4) is 0 Å². The van der Waals surface area contributed by atoms with Crippen LogP contribution in [0.5, 0.6) is 0 Å². The van der Waals surface area contributed by atoms with Crippen molar-refractivity contribution in [1.82, 2.24) is 5.32 Å². The summed E-state index contributed by atoms with van der Waals surface area (Å²) in [5, 5.41) is 17.3. The Morgan fingerprint density at radius 3 is 2.58 bits per heavy atom. The number of anilines is 1. The first-order valence-electron chi connectivity index (χ1n) is 7.50. The first-order valence-corrected chi connectivity index (χ1v) is 7.88. The zero-order valence-corrected chi connectivity index (χ0v) is 13.9. The molecule has 1 amide bonds. The Balaban J connectivity index is 1.86. The lowest BCUT2D eigenvalue weighted by molar-refractivity contribution is -0.384. The summed E-state index contributed by atoms with van der Waals surface area (Å²) in [6, 6.07) is 13.4. The Morgan fingerprint density at radius 2 is 1.88 bits per heavy atom. The molecule has 0 saturated heterocycles. The molecule has 2 N–H and O–H groups in total. The summed E-state index contributed by atoms with van der Waals surface area (Å²) in [6.45, 7) is 2.15. The number of amides is 1. The standard InChI is InChI=1S/C17H18ClN3O3/c1-12(13-6-2-3-7-14(13)18)20-17(22)10-11-19-15-8-4-5-9-16(15)21(23)24/h2-9,12,19H,10-11H2,1H3,(H,20,22). The van der Waals surface area contributed by atoms with Crippen molar-refractivity contribution in [2.24, 2.45) is 0 Å². The lowest BCUT2D eigenvalue weighted by atomic mass is 10.1. The average molecular weight is 348 g/mol. The number of para-hydroxylation sites is 2. The molecule has 0 bridgehead atoms. The molecule has 0 radical (unpaired) electrons. The molecule has 0 heterocycles. The Morgan fingerprint density at radius 1 is 1.21 bits per heavy atom. The third kappa shape index (κ3) is 4.70. The van der Waals surface area contributed by atoms with E-state index in [1.807, 2.05) is 25.1 Å². The zero-order chi connectivity index (χ0) is 17.5. The molecule has 0 aliphatic carbocycles. The first-order chi connectivity index (χ1) is 11.5. The van der Waals surface area contributed by atoms with Crippen molar-refractivity contribution in [3.05, 3.63) is 69.2 Å². The van der Waals surface area contributed by atoms with Gasteiger partial charge in [0, 0.05) is 24.1 Å². The number of nitrogens with one attached hydrogen (secondary N) is 2. The molecule has 0 fully saturated rings. The summed E-state index contributed by atoms with van der Waals surface area (Å²) >= 11 is 6.11. The maximum Gasteiger partial charge on any atom is 0.292 e. The molecule has 2 aromatic rings. The van der Waals surface area contributed by atoms with Crippen LogP contribution in [0.25, 0.3) is 0 Å². The Kier molecular flexibility index (Phi) is 6.14. The highest BCUT2D eigenvalue weighted by Gasteiger charge is 2.14. The quantitative estimate of drug-likeness (QED) is 0.587. The van der Waals surface area contributed by atoms with Crippen LogP contribution in [0.1, 0.15) is 24.9 Å². The number of hydrogen-bond donors (Lipinski definition) is 2. The van der Waals surface area contributed by atoms with Gasteiger partial charge in [0.05, 0.1) is 11.0 Å². The molecule has 126 valence electrons. The fourth-order valence-electron chi connectivity index (χ4n) is 2.31. The van der Waals surface area contributed by atoms with Crippen molar-refractivity contribution in [2.75, 3.05) is 11.9 Å². The summed E-state index contributed by atoms with van der Waals surface area (Å²) in [7, 11) is 0. The Labute approximate surface area is 145 Å². The number of carbonyl (C=O) groups is 1. The second kappa shape index (κ2) is 8.31. The summed E-state index contributed by atoms with van der Waals surface area (Å²) < 4.78 is 0. The Hall–Kier alpha value is -2.60. The normalized spacial score (nSPS) is 11.6. The van der Waals surface area contributed by atoms with Gasteiger partial charge in [-0.05, 0) is 24.6 Å². The molecule has 0 saturated carbocycles. The smallest absolute Gasteiger partial charge is 0.292 e. The molecule has 0 spiro atoms. The average Bonchev–Trinajstić information content (AvgIpc) is 2.55. The summed E-state index contributed by atoms with van der Waals surface area (Å²) in [4.78, 5) is 22.5. The maximum atomic E-state index is 12.0. The van der Waals surface area contributed by atoms with Crippen molar-refractivity contribution in [2.45, 2.75) is 19.4 Å². The number of nitrogens with zero attached hydrogens (tertiary/aromatic N) is 1. The zero-order valence-electron chi connectivity index (χ0n) is 13.2. The molecule has 0 aliphatic rings. The van der Waals surface area contributed by atoms with Gasteiger partial charge in [-0.25, -0.2) is 0 Å². The third-order valence-corrected chi connectivity index (χ3v) is 3.86. The molecule has 1 atom stereocenters. The van der Waals surface area contributed by atoms with E-state index in [4.69, 9.17) is 11.6 Å². The second-order valence-electron chi connectivity index (χ2n) is 5.26. The molecule has 24 heavy (non-hydrogen) atoms. The summed E-state index contributed by atoms with van der Waals surface area (Å²) in [6.07, 6.45) is 0.195. The highest BCUT2D eigenvalue weighted by molar-refractivity contribution is 6.31. The van der Waals surface area contributed by atoms with Crippen molar-refractivity contribution < 1.29 is 9.72 Å². The molecule has 2 aromatic carbocycles. The highest BCUT2D eigenvalue weighted by atomic mass is 35.5. The minimum absolute atomic E-state index is 0.0117. The fourth-order valence-corrected chi connectivity index (χ4v) is 2.61. The minimum Gasteiger partial charge on any atom is -0.379 e. The number of halogens is 1. The number of rotatable bonds is 7. The predicted octanol–water partition coefficient (Wildman–Crippen LogP) is 3.93. The monoisotopic (exact) mass is 347 g/mol. The summed E-state index contributed by atoms with van der Waals surface area (Å²) in [5.41, 5.74) is 1.23. The SMILES string of the molecule is CC(NC(=O)CCNc1ccccc1[N+](=O)[O-])c1ccccc1Cl. The fraction of sp³-hybridized carbons (Fsp3) is 0.235. The van der Waals surface area contributed by atoms with E-state index in [0.717, 1.165) is 5.56 Å². The minimum atomic E-state index is -0.456. The largest absolute Gasteiger partial charge is 0.379 e. The van der Waals surface area contributed by atoms with Crippen LogP contribution in [0.3, 0.4) is 0 Å². The number of carbonyl (C=O) groups excluding carboxylic acids is 1. The van der Waals surface area contributed by atoms with Crippen molar-refractivity contribution in [1.29, 1.82) is 0 Å². The molecule has 0 aromatic heterocycles. The lowest BCUT2D eigenvalue weighted by Gasteiger charge is -2.16. The number of hydrogen-bond acceptors (Lipinski definition) is 4. The van der Waals surface area contributed by atoms with Gasteiger partial charge in [0.15, 0.2) is 0 Å². The number of nitro groups is 1. The Bertz CT molecular complexity index is 737. The van der Waals surface area contributed by atoms with Crippen LogP contribution in [-0.4, -0.2) is 17.4 Å². The summed E-state index contributed by atoms with van der Waals surface area (Å²) in [5.74, 6) is -0.159. The molecule has 7 heteroatoms. The van der Waals surface area contributed by atoms with Crippen LogP contribution in [0.15, 0.2) is 48.5 Å². The second-order valence-corrected chi connectivity index (χ2v) is 5.67. The molecule has 2 rings (SSSR count). The van der Waals surface area contributed by atoms with E-state index < -0.39 is 4.92 Å². The van der Waals surface area contributed by atoms with Crippen LogP contribution >= 0.6 is 11.6 Å². The number of nitro benzene ring substituents is 1. The molecular formula is C17H18ClN3O3. The van der Waals surface area contributed by atoms with Gasteiger partial charge in [0.25, 0.3) is 5.69 Å². The van der Waals surface area contributed by atoms with E-state index in [2.05, 4.69) is 10.6 Å². The van der Waals surface area contributed by atoms with E-state index >= 15 is 0 Å².